The molecule has 0 atom stereocenters. The highest BCUT2D eigenvalue weighted by Crippen LogP contribution is 2.19. The van der Waals surface area contributed by atoms with Crippen LogP contribution in [0.1, 0.15) is 15.2 Å². The minimum absolute atomic E-state index is 0.0880. The van der Waals surface area contributed by atoms with Gasteiger partial charge in [-0.2, -0.15) is 0 Å². The van der Waals surface area contributed by atoms with Crippen LogP contribution in [0, 0.1) is 0 Å². The Kier molecular flexibility index (Phi) is 4.48. The van der Waals surface area contributed by atoms with Crippen molar-refractivity contribution in [2.24, 2.45) is 0 Å². The molecule has 0 radical (unpaired) electrons. The molecule has 2 aromatic heterocycles. The summed E-state index contributed by atoms with van der Waals surface area (Å²) in [6.45, 7) is 0.154. The molecular weight excluding hydrogens is 298 g/mol. The van der Waals surface area contributed by atoms with Gasteiger partial charge in [-0.25, -0.2) is 13.1 Å². The minimum atomic E-state index is -3.63. The first-order valence-corrected chi connectivity index (χ1v) is 8.08. The third-order valence-corrected chi connectivity index (χ3v) is 4.98. The van der Waals surface area contributed by atoms with Gasteiger partial charge in [-0.15, -0.1) is 11.3 Å². The molecule has 106 valence electrons. The SMILES string of the molecule is CNC(=O)c1cc(S(=O)(=O)NCc2cccnc2)cs1. The van der Waals surface area contributed by atoms with Crippen LogP contribution < -0.4 is 10.0 Å². The molecule has 0 bridgehead atoms. The predicted molar refractivity (Wildman–Crippen MR) is 76.0 cm³/mol. The maximum Gasteiger partial charge on any atom is 0.261 e. The number of nitrogens with zero attached hydrogens (tertiary/aromatic N) is 1. The maximum atomic E-state index is 12.1. The van der Waals surface area contributed by atoms with E-state index in [1.807, 2.05) is 0 Å². The molecule has 0 fully saturated rings. The monoisotopic (exact) mass is 311 g/mol. The van der Waals surface area contributed by atoms with Gasteiger partial charge in [0.05, 0.1) is 9.77 Å². The molecule has 0 aromatic carbocycles. The van der Waals surface area contributed by atoms with Crippen molar-refractivity contribution in [2.45, 2.75) is 11.4 Å². The molecule has 0 spiro atoms. The molecule has 1 amide bonds. The highest BCUT2D eigenvalue weighted by Gasteiger charge is 2.18. The number of thiophene rings is 1. The zero-order valence-corrected chi connectivity index (χ0v) is 12.3. The molecule has 2 aromatic rings. The number of rotatable bonds is 5. The van der Waals surface area contributed by atoms with Gasteiger partial charge in [0, 0.05) is 31.4 Å². The average Bonchev–Trinajstić information content (AvgIpc) is 2.96. The summed E-state index contributed by atoms with van der Waals surface area (Å²) < 4.78 is 26.6. The molecule has 0 aliphatic rings. The number of pyridine rings is 1. The summed E-state index contributed by atoms with van der Waals surface area (Å²) in [6, 6.07) is 4.87. The Morgan fingerprint density at radius 3 is 2.90 bits per heavy atom. The average molecular weight is 311 g/mol. The molecule has 2 N–H and O–H groups in total. The van der Waals surface area contributed by atoms with Gasteiger partial charge < -0.3 is 5.32 Å². The van der Waals surface area contributed by atoms with Gasteiger partial charge in [0.2, 0.25) is 10.0 Å². The summed E-state index contributed by atoms with van der Waals surface area (Å²) in [5.41, 5.74) is 0.762. The van der Waals surface area contributed by atoms with E-state index < -0.39 is 10.0 Å². The summed E-state index contributed by atoms with van der Waals surface area (Å²) in [6.07, 6.45) is 3.21. The fourth-order valence-electron chi connectivity index (χ4n) is 1.47. The molecule has 2 rings (SSSR count). The largest absolute Gasteiger partial charge is 0.354 e. The Morgan fingerprint density at radius 2 is 2.25 bits per heavy atom. The number of amides is 1. The lowest BCUT2D eigenvalue weighted by atomic mass is 10.3. The lowest BCUT2D eigenvalue weighted by Crippen LogP contribution is -2.23. The van der Waals surface area contributed by atoms with Crippen LogP contribution in [-0.4, -0.2) is 26.4 Å². The molecule has 6 nitrogen and oxygen atoms in total. The zero-order chi connectivity index (χ0) is 14.6. The summed E-state index contributed by atoms with van der Waals surface area (Å²) in [4.78, 5) is 15.8. The first-order chi connectivity index (χ1) is 9.53. The molecule has 2 heterocycles. The van der Waals surface area contributed by atoms with E-state index in [-0.39, 0.29) is 17.3 Å². The highest BCUT2D eigenvalue weighted by molar-refractivity contribution is 7.89. The number of sulfonamides is 1. The van der Waals surface area contributed by atoms with Crippen molar-refractivity contribution >= 4 is 27.3 Å². The van der Waals surface area contributed by atoms with Crippen molar-refractivity contribution in [1.82, 2.24) is 15.0 Å². The van der Waals surface area contributed by atoms with Crippen molar-refractivity contribution < 1.29 is 13.2 Å². The van der Waals surface area contributed by atoms with Crippen LogP contribution in [0.3, 0.4) is 0 Å². The Hall–Kier alpha value is -1.77. The summed E-state index contributed by atoms with van der Waals surface area (Å²) >= 11 is 1.09. The molecule has 0 aliphatic heterocycles. The van der Waals surface area contributed by atoms with Gasteiger partial charge in [0.1, 0.15) is 0 Å². The van der Waals surface area contributed by atoms with Crippen LogP contribution in [0.4, 0.5) is 0 Å². The number of carbonyl (C=O) groups excluding carboxylic acids is 1. The van der Waals surface area contributed by atoms with Gasteiger partial charge in [0.15, 0.2) is 0 Å². The van der Waals surface area contributed by atoms with Gasteiger partial charge in [-0.1, -0.05) is 6.07 Å². The highest BCUT2D eigenvalue weighted by atomic mass is 32.2. The summed E-state index contributed by atoms with van der Waals surface area (Å²) in [5, 5.41) is 3.89. The van der Waals surface area contributed by atoms with Gasteiger partial charge in [-0.3, -0.25) is 9.78 Å². The molecule has 0 saturated heterocycles. The van der Waals surface area contributed by atoms with Crippen molar-refractivity contribution in [3.8, 4) is 0 Å². The molecule has 0 unspecified atom stereocenters. The number of hydrogen-bond acceptors (Lipinski definition) is 5. The second-order valence-corrected chi connectivity index (χ2v) is 6.59. The lowest BCUT2D eigenvalue weighted by Gasteiger charge is -2.04. The maximum absolute atomic E-state index is 12.1. The minimum Gasteiger partial charge on any atom is -0.354 e. The number of carbonyl (C=O) groups is 1. The van der Waals surface area contributed by atoms with Crippen molar-refractivity contribution in [3.05, 3.63) is 46.4 Å². The second kappa shape index (κ2) is 6.12. The Morgan fingerprint density at radius 1 is 1.45 bits per heavy atom. The van der Waals surface area contributed by atoms with Crippen LogP contribution in [0.5, 0.6) is 0 Å². The van der Waals surface area contributed by atoms with Crippen LogP contribution >= 0.6 is 11.3 Å². The lowest BCUT2D eigenvalue weighted by molar-refractivity contribution is 0.0967. The number of hydrogen-bond donors (Lipinski definition) is 2. The van der Waals surface area contributed by atoms with Gasteiger partial charge >= 0.3 is 0 Å². The van der Waals surface area contributed by atoms with E-state index in [1.54, 1.807) is 24.5 Å². The predicted octanol–water partition coefficient (Wildman–Crippen LogP) is 0.981. The Bertz CT molecular complexity index is 696. The topological polar surface area (TPSA) is 88.2 Å². The Labute approximate surface area is 120 Å². The third kappa shape index (κ3) is 3.41. The van der Waals surface area contributed by atoms with Crippen LogP contribution in [-0.2, 0) is 16.6 Å². The molecule has 0 saturated carbocycles. The molecule has 0 aliphatic carbocycles. The van der Waals surface area contributed by atoms with Gasteiger partial charge in [0.25, 0.3) is 5.91 Å². The smallest absolute Gasteiger partial charge is 0.261 e. The molecule has 20 heavy (non-hydrogen) atoms. The molecule has 8 heteroatoms. The van der Waals surface area contributed by atoms with Crippen molar-refractivity contribution in [1.29, 1.82) is 0 Å². The third-order valence-electron chi connectivity index (χ3n) is 2.53. The van der Waals surface area contributed by atoms with E-state index in [9.17, 15) is 13.2 Å². The van der Waals surface area contributed by atoms with Crippen molar-refractivity contribution in [3.63, 3.8) is 0 Å². The van der Waals surface area contributed by atoms with Gasteiger partial charge in [-0.05, 0) is 17.7 Å². The first-order valence-electron chi connectivity index (χ1n) is 5.72. The van der Waals surface area contributed by atoms with E-state index >= 15 is 0 Å². The van der Waals surface area contributed by atoms with Crippen LogP contribution in [0.15, 0.2) is 40.9 Å². The zero-order valence-electron chi connectivity index (χ0n) is 10.7. The van der Waals surface area contributed by atoms with E-state index in [0.717, 1.165) is 16.9 Å². The van der Waals surface area contributed by atoms with E-state index in [4.69, 9.17) is 0 Å². The standard InChI is InChI=1S/C12H13N3O3S2/c1-13-12(16)11-5-10(8-19-11)20(17,18)15-7-9-3-2-4-14-6-9/h2-6,8,15H,7H2,1H3,(H,13,16). The fourth-order valence-corrected chi connectivity index (χ4v) is 3.70. The van der Waals surface area contributed by atoms with E-state index in [0.29, 0.717) is 4.88 Å². The van der Waals surface area contributed by atoms with Crippen LogP contribution in [0.25, 0.3) is 0 Å². The summed E-state index contributed by atoms with van der Waals surface area (Å²) in [5.74, 6) is -0.302. The summed E-state index contributed by atoms with van der Waals surface area (Å²) in [7, 11) is -2.13. The van der Waals surface area contributed by atoms with Crippen LogP contribution in [0.2, 0.25) is 0 Å². The Balaban J connectivity index is 2.10. The normalized spacial score (nSPS) is 11.2. The van der Waals surface area contributed by atoms with Crippen molar-refractivity contribution in [2.75, 3.05) is 7.05 Å². The number of nitrogens with one attached hydrogen (secondary N) is 2. The number of aromatic nitrogens is 1. The quantitative estimate of drug-likeness (QED) is 0.861. The fraction of sp³-hybridized carbons (Fsp3) is 0.167. The first kappa shape index (κ1) is 14.6. The van der Waals surface area contributed by atoms with E-state index in [2.05, 4.69) is 15.0 Å². The molecular formula is C12H13N3O3S2. The van der Waals surface area contributed by atoms with E-state index in [1.165, 1.54) is 18.5 Å². The second-order valence-electron chi connectivity index (χ2n) is 3.91.